The first-order chi connectivity index (χ1) is 12.1. The van der Waals surface area contributed by atoms with E-state index >= 15 is 0 Å². The highest BCUT2D eigenvalue weighted by Crippen LogP contribution is 2.30. The van der Waals surface area contributed by atoms with Crippen LogP contribution in [0.1, 0.15) is 24.1 Å². The number of benzene rings is 1. The van der Waals surface area contributed by atoms with Gasteiger partial charge in [0.05, 0.1) is 26.3 Å². The summed E-state index contributed by atoms with van der Waals surface area (Å²) in [6.45, 7) is 1.10. The van der Waals surface area contributed by atoms with E-state index in [4.69, 9.17) is 4.74 Å². The molecule has 1 amide bonds. The number of H-pyrrole nitrogens is 1. The standard InChI is InChI=1S/C18H21N3O4/c1-24-13-5-3-4-12(10-13)18-14-11-21(9-8-15(14)19-20-18)16(22)6-7-17(23)25-2/h3-5,10H,6-9,11H2,1-2H3,(H,19,20). The Labute approximate surface area is 145 Å². The SMILES string of the molecule is COC(=O)CCC(=O)N1CCc2[nH]nc(-c3cccc(OC)c3)c2C1. The van der Waals surface area contributed by atoms with Crippen LogP contribution in [0.25, 0.3) is 11.3 Å². The number of amides is 1. The maximum absolute atomic E-state index is 12.4. The molecule has 0 unspecified atom stereocenters. The lowest BCUT2D eigenvalue weighted by molar-refractivity contribution is -0.143. The molecule has 3 rings (SSSR count). The molecule has 1 aromatic carbocycles. The van der Waals surface area contributed by atoms with Crippen LogP contribution in [0.5, 0.6) is 5.75 Å². The summed E-state index contributed by atoms with van der Waals surface area (Å²) in [5.41, 5.74) is 3.85. The number of nitrogens with zero attached hydrogens (tertiary/aromatic N) is 2. The average Bonchev–Trinajstić information content (AvgIpc) is 3.08. The minimum Gasteiger partial charge on any atom is -0.497 e. The molecule has 0 radical (unpaired) electrons. The summed E-state index contributed by atoms with van der Waals surface area (Å²) in [6, 6.07) is 7.69. The summed E-state index contributed by atoms with van der Waals surface area (Å²) in [5, 5.41) is 7.51. The Balaban J connectivity index is 1.77. The zero-order valence-corrected chi connectivity index (χ0v) is 14.4. The largest absolute Gasteiger partial charge is 0.497 e. The first-order valence-corrected chi connectivity index (χ1v) is 8.17. The summed E-state index contributed by atoms with van der Waals surface area (Å²) in [5.74, 6) is 0.344. The van der Waals surface area contributed by atoms with E-state index in [-0.39, 0.29) is 24.7 Å². The van der Waals surface area contributed by atoms with E-state index in [0.29, 0.717) is 13.1 Å². The van der Waals surface area contributed by atoms with E-state index in [9.17, 15) is 9.59 Å². The Hall–Kier alpha value is -2.83. The van der Waals surface area contributed by atoms with Crippen LogP contribution in [0.2, 0.25) is 0 Å². The van der Waals surface area contributed by atoms with Gasteiger partial charge in [0.25, 0.3) is 0 Å². The van der Waals surface area contributed by atoms with Crippen LogP contribution < -0.4 is 4.74 Å². The number of rotatable bonds is 5. The molecule has 25 heavy (non-hydrogen) atoms. The molecule has 1 N–H and O–H groups in total. The Morgan fingerprint density at radius 1 is 1.28 bits per heavy atom. The Kier molecular flexibility index (Phi) is 5.02. The molecule has 2 aromatic rings. The summed E-state index contributed by atoms with van der Waals surface area (Å²) in [4.78, 5) is 25.4. The number of carbonyl (C=O) groups is 2. The molecule has 1 aromatic heterocycles. The van der Waals surface area contributed by atoms with Crippen molar-refractivity contribution in [3.05, 3.63) is 35.5 Å². The van der Waals surface area contributed by atoms with Crippen molar-refractivity contribution >= 4 is 11.9 Å². The van der Waals surface area contributed by atoms with Crippen LogP contribution in [0.3, 0.4) is 0 Å². The maximum atomic E-state index is 12.4. The smallest absolute Gasteiger partial charge is 0.306 e. The molecule has 1 aliphatic heterocycles. The number of hydrogen-bond acceptors (Lipinski definition) is 5. The van der Waals surface area contributed by atoms with Crippen LogP contribution in [0.15, 0.2) is 24.3 Å². The van der Waals surface area contributed by atoms with Crippen LogP contribution in [0, 0.1) is 0 Å². The lowest BCUT2D eigenvalue weighted by Crippen LogP contribution is -2.36. The highest BCUT2D eigenvalue weighted by atomic mass is 16.5. The maximum Gasteiger partial charge on any atom is 0.306 e. The third kappa shape index (κ3) is 3.65. The Bertz CT molecular complexity index is 784. The first kappa shape index (κ1) is 17.0. The molecule has 0 saturated heterocycles. The van der Waals surface area contributed by atoms with Crippen molar-refractivity contribution in [3.8, 4) is 17.0 Å². The average molecular weight is 343 g/mol. The molecule has 7 nitrogen and oxygen atoms in total. The van der Waals surface area contributed by atoms with Gasteiger partial charge in [-0.25, -0.2) is 0 Å². The van der Waals surface area contributed by atoms with E-state index in [1.807, 2.05) is 24.3 Å². The molecule has 0 aliphatic carbocycles. The van der Waals surface area contributed by atoms with Gasteiger partial charge in [0.2, 0.25) is 5.91 Å². The van der Waals surface area contributed by atoms with Crippen LogP contribution in [0.4, 0.5) is 0 Å². The molecule has 2 heterocycles. The molecular formula is C18H21N3O4. The molecule has 7 heteroatoms. The second kappa shape index (κ2) is 7.38. The van der Waals surface area contributed by atoms with E-state index in [1.54, 1.807) is 12.0 Å². The molecule has 0 saturated carbocycles. The van der Waals surface area contributed by atoms with Crippen LogP contribution in [-0.4, -0.2) is 47.7 Å². The number of aromatic nitrogens is 2. The van der Waals surface area contributed by atoms with Gasteiger partial charge < -0.3 is 14.4 Å². The fraction of sp³-hybridized carbons (Fsp3) is 0.389. The van der Waals surface area contributed by atoms with Gasteiger partial charge in [0, 0.05) is 42.8 Å². The molecule has 1 aliphatic rings. The van der Waals surface area contributed by atoms with Crippen LogP contribution >= 0.6 is 0 Å². The monoisotopic (exact) mass is 343 g/mol. The van der Waals surface area contributed by atoms with E-state index < -0.39 is 0 Å². The Morgan fingerprint density at radius 3 is 2.88 bits per heavy atom. The third-order valence-electron chi connectivity index (χ3n) is 4.40. The summed E-state index contributed by atoms with van der Waals surface area (Å²) < 4.78 is 9.87. The van der Waals surface area contributed by atoms with Gasteiger partial charge in [0.1, 0.15) is 5.75 Å². The van der Waals surface area contributed by atoms with Crippen molar-refractivity contribution < 1.29 is 19.1 Å². The quantitative estimate of drug-likeness (QED) is 0.839. The van der Waals surface area contributed by atoms with Gasteiger partial charge in [-0.2, -0.15) is 5.10 Å². The van der Waals surface area contributed by atoms with Gasteiger partial charge in [-0.15, -0.1) is 0 Å². The van der Waals surface area contributed by atoms with Gasteiger partial charge in [-0.1, -0.05) is 12.1 Å². The van der Waals surface area contributed by atoms with E-state index in [2.05, 4.69) is 14.9 Å². The van der Waals surface area contributed by atoms with Crippen LogP contribution in [-0.2, 0) is 27.3 Å². The number of nitrogens with one attached hydrogen (secondary N) is 1. The molecule has 0 bridgehead atoms. The van der Waals surface area contributed by atoms with Crippen molar-refractivity contribution in [1.29, 1.82) is 0 Å². The fourth-order valence-corrected chi connectivity index (χ4v) is 2.99. The summed E-state index contributed by atoms with van der Waals surface area (Å²) in [6.07, 6.45) is 0.984. The lowest BCUT2D eigenvalue weighted by atomic mass is 10.0. The van der Waals surface area contributed by atoms with E-state index in [1.165, 1.54) is 7.11 Å². The van der Waals surface area contributed by atoms with Crippen molar-refractivity contribution in [1.82, 2.24) is 15.1 Å². The highest BCUT2D eigenvalue weighted by Gasteiger charge is 2.26. The Morgan fingerprint density at radius 2 is 2.12 bits per heavy atom. The van der Waals surface area contributed by atoms with Crippen molar-refractivity contribution in [2.45, 2.75) is 25.8 Å². The van der Waals surface area contributed by atoms with Crippen molar-refractivity contribution in [2.24, 2.45) is 0 Å². The van der Waals surface area contributed by atoms with Gasteiger partial charge >= 0.3 is 5.97 Å². The second-order valence-corrected chi connectivity index (χ2v) is 5.90. The number of carbonyl (C=O) groups excluding carboxylic acids is 2. The number of ether oxygens (including phenoxy) is 2. The first-order valence-electron chi connectivity index (χ1n) is 8.17. The number of fused-ring (bicyclic) bond motifs is 1. The minimum absolute atomic E-state index is 0.0474. The molecule has 0 spiro atoms. The zero-order valence-electron chi connectivity index (χ0n) is 14.4. The molecule has 0 atom stereocenters. The van der Waals surface area contributed by atoms with Gasteiger partial charge in [-0.3, -0.25) is 14.7 Å². The van der Waals surface area contributed by atoms with Crippen molar-refractivity contribution in [2.75, 3.05) is 20.8 Å². The number of hydrogen-bond donors (Lipinski definition) is 1. The highest BCUT2D eigenvalue weighted by molar-refractivity contribution is 5.82. The van der Waals surface area contributed by atoms with E-state index in [0.717, 1.165) is 34.7 Å². The lowest BCUT2D eigenvalue weighted by Gasteiger charge is -2.27. The summed E-state index contributed by atoms with van der Waals surface area (Å²) in [7, 11) is 2.95. The fourth-order valence-electron chi connectivity index (χ4n) is 2.99. The summed E-state index contributed by atoms with van der Waals surface area (Å²) >= 11 is 0. The minimum atomic E-state index is -0.369. The van der Waals surface area contributed by atoms with Gasteiger partial charge in [-0.05, 0) is 12.1 Å². The molecule has 0 fully saturated rings. The molecule has 132 valence electrons. The molecular weight excluding hydrogens is 322 g/mol. The van der Waals surface area contributed by atoms with Gasteiger partial charge in [0.15, 0.2) is 0 Å². The number of esters is 1. The zero-order chi connectivity index (χ0) is 17.8. The number of methoxy groups -OCH3 is 2. The topological polar surface area (TPSA) is 84.5 Å². The number of aromatic amines is 1. The normalized spacial score (nSPS) is 13.3. The predicted molar refractivity (Wildman–Crippen MR) is 90.9 cm³/mol. The second-order valence-electron chi connectivity index (χ2n) is 5.90. The predicted octanol–water partition coefficient (Wildman–Crippen LogP) is 1.92. The third-order valence-corrected chi connectivity index (χ3v) is 4.40. The van der Waals surface area contributed by atoms with Crippen molar-refractivity contribution in [3.63, 3.8) is 0 Å².